The summed E-state index contributed by atoms with van der Waals surface area (Å²) in [5, 5.41) is 0.286. The fraction of sp³-hybridized carbons (Fsp3) is 0.818. The maximum Gasteiger partial charge on any atom is 0.192 e. The number of methoxy groups -OCH3 is 1. The highest BCUT2D eigenvalue weighted by Gasteiger charge is 2.57. The van der Waals surface area contributed by atoms with E-state index < -0.39 is 8.32 Å². The van der Waals surface area contributed by atoms with E-state index in [9.17, 15) is 0 Å². The van der Waals surface area contributed by atoms with Crippen molar-refractivity contribution in [3.63, 3.8) is 0 Å². The van der Waals surface area contributed by atoms with E-state index in [-0.39, 0.29) is 5.04 Å². The lowest BCUT2D eigenvalue weighted by Crippen LogP contribution is -2.49. The molecule has 1 unspecified atom stereocenters. The number of allylic oxidation sites excluding steroid dienone is 3. The molecule has 0 aliphatic heterocycles. The van der Waals surface area contributed by atoms with Crippen molar-refractivity contribution in [2.24, 2.45) is 16.7 Å². The summed E-state index contributed by atoms with van der Waals surface area (Å²) in [5.74, 6) is 0.666. The molecule has 0 N–H and O–H groups in total. The molecule has 3 rings (SSSR count). The summed E-state index contributed by atoms with van der Waals surface area (Å²) in [7, 11) is 0.0383. The molecule has 0 amide bonds. The Hall–Kier alpha value is -0.543. The van der Waals surface area contributed by atoms with Crippen molar-refractivity contribution in [1.82, 2.24) is 0 Å². The predicted molar refractivity (Wildman–Crippen MR) is 108 cm³/mol. The van der Waals surface area contributed by atoms with Gasteiger partial charge in [-0.25, -0.2) is 0 Å². The molecule has 0 aromatic heterocycles. The summed E-state index contributed by atoms with van der Waals surface area (Å²) < 4.78 is 12.2. The largest absolute Gasteiger partial charge is 0.505 e. The van der Waals surface area contributed by atoms with Gasteiger partial charge in [0.15, 0.2) is 8.32 Å². The Morgan fingerprint density at radius 3 is 2.44 bits per heavy atom. The monoisotopic (exact) mass is 362 g/mol. The first kappa shape index (κ1) is 19.2. The van der Waals surface area contributed by atoms with Crippen molar-refractivity contribution < 1.29 is 9.16 Å². The van der Waals surface area contributed by atoms with Crippen molar-refractivity contribution in [3.05, 3.63) is 24.0 Å². The number of fused-ring (bicyclic) bond motifs is 1. The van der Waals surface area contributed by atoms with Gasteiger partial charge in [0.2, 0.25) is 0 Å². The van der Waals surface area contributed by atoms with Gasteiger partial charge < -0.3 is 9.16 Å². The lowest BCUT2D eigenvalue weighted by molar-refractivity contribution is 0.0161. The second-order valence-corrected chi connectivity index (χ2v) is 15.1. The SMILES string of the molecule is CO/C=C/C1(C2=CCC3[C@@H](O[Si](C)(C)C(C)(C)C)CCC[C@]23C)CC1. The van der Waals surface area contributed by atoms with Crippen molar-refractivity contribution >= 4 is 8.32 Å². The van der Waals surface area contributed by atoms with Crippen LogP contribution in [0.3, 0.4) is 0 Å². The maximum atomic E-state index is 6.95. The summed E-state index contributed by atoms with van der Waals surface area (Å²) in [5.41, 5.74) is 2.31. The molecule has 0 aromatic rings. The van der Waals surface area contributed by atoms with E-state index in [0.29, 0.717) is 22.9 Å². The highest BCUT2D eigenvalue weighted by molar-refractivity contribution is 6.74. The Labute approximate surface area is 156 Å². The van der Waals surface area contributed by atoms with Gasteiger partial charge in [0.1, 0.15) is 0 Å². The lowest BCUT2D eigenvalue weighted by atomic mass is 9.62. The standard InChI is InChI=1S/C22H38O2Si/c1-20(2,3)25(6,7)24-18-9-8-12-21(4)17(18)10-11-19(21)22(13-14-22)15-16-23-5/h11,15-18H,8-10,12-14H2,1-7H3/b16-15+/t17?,18-,21-/m0/s1. The Bertz CT molecular complexity index is 565. The quantitative estimate of drug-likeness (QED) is 0.318. The molecule has 0 saturated heterocycles. The predicted octanol–water partition coefficient (Wildman–Crippen LogP) is 6.45. The topological polar surface area (TPSA) is 18.5 Å². The molecule has 142 valence electrons. The number of ether oxygens (including phenoxy) is 1. The molecule has 2 fully saturated rings. The van der Waals surface area contributed by atoms with Gasteiger partial charge >= 0.3 is 0 Å². The van der Waals surface area contributed by atoms with E-state index in [0.717, 1.165) is 0 Å². The number of rotatable bonds is 5. The van der Waals surface area contributed by atoms with Crippen LogP contribution in [0, 0.1) is 16.7 Å². The van der Waals surface area contributed by atoms with E-state index in [2.05, 4.69) is 52.9 Å². The highest BCUT2D eigenvalue weighted by atomic mass is 28.4. The summed E-state index contributed by atoms with van der Waals surface area (Å²) in [6.07, 6.45) is 14.9. The summed E-state index contributed by atoms with van der Waals surface area (Å²) >= 11 is 0. The first-order valence-corrected chi connectivity index (χ1v) is 13.1. The van der Waals surface area contributed by atoms with Crippen LogP contribution in [0.1, 0.15) is 66.2 Å². The highest BCUT2D eigenvalue weighted by Crippen LogP contribution is 2.66. The zero-order chi connectivity index (χ0) is 18.5. The Morgan fingerprint density at radius 1 is 1.20 bits per heavy atom. The van der Waals surface area contributed by atoms with Gasteiger partial charge in [-0.3, -0.25) is 0 Å². The fourth-order valence-corrected chi connectivity index (χ4v) is 6.41. The van der Waals surface area contributed by atoms with Crippen molar-refractivity contribution in [2.75, 3.05) is 7.11 Å². The molecular weight excluding hydrogens is 324 g/mol. The minimum atomic E-state index is -1.72. The molecule has 3 aliphatic carbocycles. The van der Waals surface area contributed by atoms with Gasteiger partial charge in [0.05, 0.1) is 13.4 Å². The van der Waals surface area contributed by atoms with Crippen LogP contribution in [-0.4, -0.2) is 21.5 Å². The van der Waals surface area contributed by atoms with E-state index in [1.165, 1.54) is 38.5 Å². The third kappa shape index (κ3) is 3.27. The van der Waals surface area contributed by atoms with E-state index in [1.807, 2.05) is 6.26 Å². The molecule has 0 aromatic carbocycles. The normalized spacial score (nSPS) is 34.8. The van der Waals surface area contributed by atoms with Gasteiger partial charge in [-0.1, -0.05) is 45.8 Å². The molecule has 25 heavy (non-hydrogen) atoms. The second-order valence-electron chi connectivity index (χ2n) is 10.4. The molecule has 0 spiro atoms. The van der Waals surface area contributed by atoms with Crippen LogP contribution in [0.2, 0.25) is 18.1 Å². The zero-order valence-corrected chi connectivity index (χ0v) is 18.4. The van der Waals surface area contributed by atoms with Crippen molar-refractivity contribution in [3.8, 4) is 0 Å². The van der Waals surface area contributed by atoms with E-state index in [4.69, 9.17) is 9.16 Å². The van der Waals surface area contributed by atoms with Crippen LogP contribution >= 0.6 is 0 Å². The second kappa shape index (κ2) is 6.26. The van der Waals surface area contributed by atoms with Crippen LogP contribution in [0.25, 0.3) is 0 Å². The fourth-order valence-electron chi connectivity index (χ4n) is 5.02. The van der Waals surface area contributed by atoms with Gasteiger partial charge in [0, 0.05) is 11.5 Å². The molecule has 0 heterocycles. The zero-order valence-electron chi connectivity index (χ0n) is 17.4. The van der Waals surface area contributed by atoms with Gasteiger partial charge in [0.25, 0.3) is 0 Å². The third-order valence-electron chi connectivity index (χ3n) is 7.74. The van der Waals surface area contributed by atoms with Gasteiger partial charge in [-0.15, -0.1) is 0 Å². The molecule has 0 radical (unpaired) electrons. The van der Waals surface area contributed by atoms with Crippen molar-refractivity contribution in [2.45, 2.75) is 90.5 Å². The van der Waals surface area contributed by atoms with Crippen LogP contribution in [-0.2, 0) is 9.16 Å². The molecule has 3 atom stereocenters. The van der Waals surface area contributed by atoms with Crippen LogP contribution in [0.5, 0.6) is 0 Å². The lowest BCUT2D eigenvalue weighted by Gasteiger charge is -2.49. The summed E-state index contributed by atoms with van der Waals surface area (Å²) in [6, 6.07) is 0. The Balaban J connectivity index is 1.81. The van der Waals surface area contributed by atoms with Gasteiger partial charge in [-0.2, -0.15) is 0 Å². The van der Waals surface area contributed by atoms with E-state index >= 15 is 0 Å². The molecule has 2 saturated carbocycles. The molecule has 2 nitrogen and oxygen atoms in total. The van der Waals surface area contributed by atoms with Crippen molar-refractivity contribution in [1.29, 1.82) is 0 Å². The minimum Gasteiger partial charge on any atom is -0.505 e. The summed E-state index contributed by atoms with van der Waals surface area (Å²) in [4.78, 5) is 0. The molecule has 0 bridgehead atoms. The first-order chi connectivity index (χ1) is 11.6. The molecular formula is C22H38O2Si. The number of hydrogen-bond acceptors (Lipinski definition) is 2. The Kier molecular flexibility index (Phi) is 4.82. The molecule has 3 heteroatoms. The minimum absolute atomic E-state index is 0.286. The first-order valence-electron chi connectivity index (χ1n) is 10.2. The van der Waals surface area contributed by atoms with Crippen LogP contribution in [0.4, 0.5) is 0 Å². The van der Waals surface area contributed by atoms with Crippen LogP contribution < -0.4 is 0 Å². The third-order valence-corrected chi connectivity index (χ3v) is 12.2. The molecule has 3 aliphatic rings. The maximum absolute atomic E-state index is 6.95. The van der Waals surface area contributed by atoms with Crippen LogP contribution in [0.15, 0.2) is 24.0 Å². The smallest absolute Gasteiger partial charge is 0.192 e. The Morgan fingerprint density at radius 2 is 1.88 bits per heavy atom. The average molecular weight is 363 g/mol. The van der Waals surface area contributed by atoms with E-state index in [1.54, 1.807) is 12.7 Å². The summed E-state index contributed by atoms with van der Waals surface area (Å²) in [6.45, 7) is 14.4. The number of hydrogen-bond donors (Lipinski definition) is 0. The van der Waals surface area contributed by atoms with Gasteiger partial charge in [-0.05, 0) is 67.6 Å². The average Bonchev–Trinajstić information content (AvgIpc) is 3.19.